The summed E-state index contributed by atoms with van der Waals surface area (Å²) in [5.41, 5.74) is 6.91. The predicted octanol–water partition coefficient (Wildman–Crippen LogP) is 2.91. The number of para-hydroxylation sites is 1. The van der Waals surface area contributed by atoms with Crippen LogP contribution in [0.5, 0.6) is 0 Å². The fourth-order valence-electron chi connectivity index (χ4n) is 3.14. The summed E-state index contributed by atoms with van der Waals surface area (Å²) in [4.78, 5) is 14.0. The zero-order valence-corrected chi connectivity index (χ0v) is 12.4. The molecule has 1 heterocycles. The van der Waals surface area contributed by atoms with Crippen molar-refractivity contribution in [3.63, 3.8) is 0 Å². The summed E-state index contributed by atoms with van der Waals surface area (Å²) in [5.74, 6) is 1.32. The van der Waals surface area contributed by atoms with E-state index in [4.69, 9.17) is 10.2 Å². The average molecular weight is 286 g/mol. The first kappa shape index (κ1) is 14.1. The molecule has 1 aliphatic carbocycles. The molecule has 0 bridgehead atoms. The Hall–Kier alpha value is -1.81. The van der Waals surface area contributed by atoms with Crippen molar-refractivity contribution in [2.24, 2.45) is 11.7 Å². The van der Waals surface area contributed by atoms with Crippen LogP contribution in [0.3, 0.4) is 0 Å². The minimum Gasteiger partial charge on any atom is -0.459 e. The quantitative estimate of drug-likeness (QED) is 0.940. The van der Waals surface area contributed by atoms with Crippen LogP contribution in [0.1, 0.15) is 31.4 Å². The maximum atomic E-state index is 12.3. The molecule has 1 aliphatic rings. The van der Waals surface area contributed by atoms with E-state index in [1.807, 2.05) is 37.4 Å². The van der Waals surface area contributed by atoms with Crippen LogP contribution in [-0.4, -0.2) is 23.9 Å². The molecule has 2 aromatic rings. The normalized spacial score (nSPS) is 21.8. The minimum atomic E-state index is 0.151. The van der Waals surface area contributed by atoms with E-state index in [1.54, 1.807) is 4.90 Å². The highest BCUT2D eigenvalue weighted by molar-refractivity contribution is 5.78. The summed E-state index contributed by atoms with van der Waals surface area (Å²) < 4.78 is 5.76. The number of nitrogens with two attached hydrogens (primary N) is 1. The zero-order chi connectivity index (χ0) is 14.8. The molecular formula is C17H22N2O2. The number of carbonyl (C=O) groups is 1. The lowest BCUT2D eigenvalue weighted by Gasteiger charge is -2.20. The Labute approximate surface area is 124 Å². The van der Waals surface area contributed by atoms with Crippen molar-refractivity contribution >= 4 is 16.9 Å². The highest BCUT2D eigenvalue weighted by Gasteiger charge is 2.27. The van der Waals surface area contributed by atoms with Crippen molar-refractivity contribution in [2.45, 2.75) is 38.3 Å². The molecule has 0 aliphatic heterocycles. The number of hydrogen-bond donors (Lipinski definition) is 1. The van der Waals surface area contributed by atoms with E-state index in [2.05, 4.69) is 0 Å². The summed E-state index contributed by atoms with van der Waals surface area (Å²) in [6.45, 7) is 0.509. The lowest BCUT2D eigenvalue weighted by molar-refractivity contribution is -0.131. The Balaban J connectivity index is 1.62. The summed E-state index contributed by atoms with van der Waals surface area (Å²) in [6.07, 6.45) is 3.82. The standard InChI is InChI=1S/C17H22N2O2/c1-19(17(20)10-12-6-4-7-15(12)18)11-14-9-13-5-2-3-8-16(13)21-14/h2-3,5,8-9,12,15H,4,6-7,10-11,18H2,1H3/t12-,15+/m0/s1. The lowest BCUT2D eigenvalue weighted by Crippen LogP contribution is -2.32. The molecule has 0 spiro atoms. The first-order valence-electron chi connectivity index (χ1n) is 7.60. The molecular weight excluding hydrogens is 264 g/mol. The molecule has 4 nitrogen and oxygen atoms in total. The van der Waals surface area contributed by atoms with Gasteiger partial charge in [0, 0.05) is 24.9 Å². The molecule has 112 valence electrons. The Morgan fingerprint density at radius 1 is 1.38 bits per heavy atom. The molecule has 2 atom stereocenters. The number of nitrogens with zero attached hydrogens (tertiary/aromatic N) is 1. The van der Waals surface area contributed by atoms with Crippen LogP contribution in [0.2, 0.25) is 0 Å². The fraction of sp³-hybridized carbons (Fsp3) is 0.471. The van der Waals surface area contributed by atoms with Crippen molar-refractivity contribution in [3.05, 3.63) is 36.1 Å². The number of rotatable bonds is 4. The van der Waals surface area contributed by atoms with Crippen LogP contribution in [0.15, 0.2) is 34.7 Å². The van der Waals surface area contributed by atoms with E-state index < -0.39 is 0 Å². The van der Waals surface area contributed by atoms with Gasteiger partial charge < -0.3 is 15.1 Å². The summed E-state index contributed by atoms with van der Waals surface area (Å²) in [7, 11) is 1.83. The molecule has 3 rings (SSSR count). The molecule has 2 N–H and O–H groups in total. The van der Waals surface area contributed by atoms with Crippen LogP contribution in [0, 0.1) is 5.92 Å². The second-order valence-electron chi connectivity index (χ2n) is 6.06. The third kappa shape index (κ3) is 3.10. The second-order valence-corrected chi connectivity index (χ2v) is 6.06. The molecule has 1 fully saturated rings. The van der Waals surface area contributed by atoms with Crippen molar-refractivity contribution in [1.29, 1.82) is 0 Å². The third-order valence-electron chi connectivity index (χ3n) is 4.45. The number of furan rings is 1. The van der Waals surface area contributed by atoms with Gasteiger partial charge in [-0.25, -0.2) is 0 Å². The van der Waals surface area contributed by atoms with Gasteiger partial charge in [-0.1, -0.05) is 24.6 Å². The van der Waals surface area contributed by atoms with Gasteiger partial charge in [0.1, 0.15) is 11.3 Å². The maximum absolute atomic E-state index is 12.3. The minimum absolute atomic E-state index is 0.151. The van der Waals surface area contributed by atoms with E-state index in [1.165, 1.54) is 0 Å². The molecule has 4 heteroatoms. The second kappa shape index (κ2) is 5.90. The first-order valence-corrected chi connectivity index (χ1v) is 7.60. The van der Waals surface area contributed by atoms with Crippen molar-refractivity contribution < 1.29 is 9.21 Å². The Morgan fingerprint density at radius 2 is 2.19 bits per heavy atom. The van der Waals surface area contributed by atoms with E-state index in [-0.39, 0.29) is 11.9 Å². The molecule has 1 amide bonds. The Bertz CT molecular complexity index is 602. The number of hydrogen-bond acceptors (Lipinski definition) is 3. The maximum Gasteiger partial charge on any atom is 0.223 e. The molecule has 1 aromatic heterocycles. The Morgan fingerprint density at radius 3 is 2.90 bits per heavy atom. The number of benzene rings is 1. The SMILES string of the molecule is CN(Cc1cc2ccccc2o1)C(=O)C[C@@H]1CCC[C@H]1N. The van der Waals surface area contributed by atoms with Gasteiger partial charge in [0.2, 0.25) is 5.91 Å². The van der Waals surface area contributed by atoms with E-state index in [0.717, 1.165) is 36.0 Å². The van der Waals surface area contributed by atoms with Crippen LogP contribution in [-0.2, 0) is 11.3 Å². The Kier molecular flexibility index (Phi) is 3.97. The highest BCUT2D eigenvalue weighted by Crippen LogP contribution is 2.27. The van der Waals surface area contributed by atoms with Gasteiger partial charge in [0.05, 0.1) is 6.54 Å². The first-order chi connectivity index (χ1) is 10.1. The predicted molar refractivity (Wildman–Crippen MR) is 82.6 cm³/mol. The van der Waals surface area contributed by atoms with E-state index in [9.17, 15) is 4.79 Å². The van der Waals surface area contributed by atoms with Gasteiger partial charge in [-0.3, -0.25) is 4.79 Å². The van der Waals surface area contributed by atoms with Gasteiger partial charge in [-0.15, -0.1) is 0 Å². The average Bonchev–Trinajstić information content (AvgIpc) is 3.04. The monoisotopic (exact) mass is 286 g/mol. The summed E-state index contributed by atoms with van der Waals surface area (Å²) >= 11 is 0. The smallest absolute Gasteiger partial charge is 0.223 e. The molecule has 0 radical (unpaired) electrons. The van der Waals surface area contributed by atoms with Crippen molar-refractivity contribution in [2.75, 3.05) is 7.05 Å². The topological polar surface area (TPSA) is 59.5 Å². The number of amides is 1. The molecule has 0 saturated heterocycles. The zero-order valence-electron chi connectivity index (χ0n) is 12.4. The van der Waals surface area contributed by atoms with Crippen LogP contribution < -0.4 is 5.73 Å². The van der Waals surface area contributed by atoms with Gasteiger partial charge in [-0.2, -0.15) is 0 Å². The molecule has 1 saturated carbocycles. The van der Waals surface area contributed by atoms with Gasteiger partial charge in [-0.05, 0) is 30.9 Å². The number of carbonyl (C=O) groups excluding carboxylic acids is 1. The molecule has 21 heavy (non-hydrogen) atoms. The van der Waals surface area contributed by atoms with Crippen LogP contribution in [0.4, 0.5) is 0 Å². The van der Waals surface area contributed by atoms with Gasteiger partial charge in [0.15, 0.2) is 0 Å². The lowest BCUT2D eigenvalue weighted by atomic mass is 9.99. The molecule has 1 aromatic carbocycles. The van der Waals surface area contributed by atoms with Gasteiger partial charge in [0.25, 0.3) is 0 Å². The van der Waals surface area contributed by atoms with Crippen LogP contribution in [0.25, 0.3) is 11.0 Å². The van der Waals surface area contributed by atoms with Gasteiger partial charge >= 0.3 is 0 Å². The van der Waals surface area contributed by atoms with E-state index >= 15 is 0 Å². The van der Waals surface area contributed by atoms with E-state index in [0.29, 0.717) is 18.9 Å². The summed E-state index contributed by atoms with van der Waals surface area (Å²) in [6, 6.07) is 10.1. The highest BCUT2D eigenvalue weighted by atomic mass is 16.3. The van der Waals surface area contributed by atoms with Crippen molar-refractivity contribution in [1.82, 2.24) is 4.90 Å². The largest absolute Gasteiger partial charge is 0.459 e. The third-order valence-corrected chi connectivity index (χ3v) is 4.45. The fourth-order valence-corrected chi connectivity index (χ4v) is 3.14. The van der Waals surface area contributed by atoms with Crippen LogP contribution >= 0.6 is 0 Å². The number of fused-ring (bicyclic) bond motifs is 1. The summed E-state index contributed by atoms with van der Waals surface area (Å²) in [5, 5.41) is 1.08. The molecule has 0 unspecified atom stereocenters. The van der Waals surface area contributed by atoms with Crippen molar-refractivity contribution in [3.8, 4) is 0 Å².